The molecule has 0 aliphatic heterocycles. The van der Waals surface area contributed by atoms with Gasteiger partial charge in [0.25, 0.3) is 0 Å². The van der Waals surface area contributed by atoms with Crippen LogP contribution in [-0.2, 0) is 0 Å². The number of nitrogens with two attached hydrogens (primary N) is 1. The molecule has 0 amide bonds. The second-order valence-electron chi connectivity index (χ2n) is 3.36. The first-order valence-corrected chi connectivity index (χ1v) is 4.43. The summed E-state index contributed by atoms with van der Waals surface area (Å²) in [6.07, 6.45) is 0.0911. The Bertz CT molecular complexity index is 276. The predicted octanol–water partition coefficient (Wildman–Crippen LogP) is 0.526. The van der Waals surface area contributed by atoms with E-state index in [1.165, 1.54) is 0 Å². The summed E-state index contributed by atoms with van der Waals surface area (Å²) in [6.45, 7) is 0. The molecule has 0 radical (unpaired) electrons. The van der Waals surface area contributed by atoms with Gasteiger partial charge in [-0.3, -0.25) is 0 Å². The maximum atomic E-state index is 9.39. The maximum absolute atomic E-state index is 9.39. The predicted molar refractivity (Wildman–Crippen MR) is 49.5 cm³/mol. The van der Waals surface area contributed by atoms with Crippen LogP contribution in [0.4, 0.5) is 0 Å². The smallest absolute Gasteiger partial charge is 0.128 e. The number of hydrogen-bond donors (Lipinski definition) is 2. The Balaban J connectivity index is 1.93. The van der Waals surface area contributed by atoms with Crippen molar-refractivity contribution in [2.75, 3.05) is 0 Å². The Labute approximate surface area is 77.1 Å². The van der Waals surface area contributed by atoms with E-state index in [-0.39, 0.29) is 12.1 Å². The summed E-state index contributed by atoms with van der Waals surface area (Å²) >= 11 is 0. The van der Waals surface area contributed by atoms with E-state index in [9.17, 15) is 5.11 Å². The SMILES string of the molecule is N[C@@H]1C[C@@H](Oc2ccccc2)[C@@H]1O. The molecule has 3 nitrogen and oxygen atoms in total. The zero-order valence-electron chi connectivity index (χ0n) is 7.26. The average molecular weight is 179 g/mol. The monoisotopic (exact) mass is 179 g/mol. The van der Waals surface area contributed by atoms with Gasteiger partial charge in [0.2, 0.25) is 0 Å². The molecule has 13 heavy (non-hydrogen) atoms. The summed E-state index contributed by atoms with van der Waals surface area (Å²) in [4.78, 5) is 0. The summed E-state index contributed by atoms with van der Waals surface area (Å²) in [5, 5.41) is 9.39. The highest BCUT2D eigenvalue weighted by Crippen LogP contribution is 2.24. The van der Waals surface area contributed by atoms with Crippen LogP contribution in [-0.4, -0.2) is 23.4 Å². The van der Waals surface area contributed by atoms with Crippen molar-refractivity contribution in [2.45, 2.75) is 24.7 Å². The van der Waals surface area contributed by atoms with Crippen molar-refractivity contribution in [1.29, 1.82) is 0 Å². The number of ether oxygens (including phenoxy) is 1. The van der Waals surface area contributed by atoms with Gasteiger partial charge in [-0.15, -0.1) is 0 Å². The quantitative estimate of drug-likeness (QED) is 0.696. The van der Waals surface area contributed by atoms with Gasteiger partial charge in [-0.2, -0.15) is 0 Å². The van der Waals surface area contributed by atoms with Crippen LogP contribution in [0.3, 0.4) is 0 Å². The third-order valence-electron chi connectivity index (χ3n) is 2.35. The molecular weight excluding hydrogens is 166 g/mol. The van der Waals surface area contributed by atoms with Gasteiger partial charge in [0.1, 0.15) is 18.0 Å². The molecule has 0 aromatic heterocycles. The molecule has 0 heterocycles. The third kappa shape index (κ3) is 1.66. The molecule has 2 rings (SSSR count). The summed E-state index contributed by atoms with van der Waals surface area (Å²) < 4.78 is 5.50. The molecular formula is C10H13NO2. The largest absolute Gasteiger partial charge is 0.488 e. The number of para-hydroxylation sites is 1. The van der Waals surface area contributed by atoms with Crippen LogP contribution in [0.5, 0.6) is 5.75 Å². The van der Waals surface area contributed by atoms with Gasteiger partial charge in [0, 0.05) is 12.5 Å². The summed E-state index contributed by atoms with van der Waals surface area (Å²) in [7, 11) is 0. The standard InChI is InChI=1S/C10H13NO2/c11-8-6-9(10(8)12)13-7-4-2-1-3-5-7/h1-5,8-10,12H,6,11H2/t8-,9-,10-/m1/s1. The fourth-order valence-corrected chi connectivity index (χ4v) is 1.42. The summed E-state index contributed by atoms with van der Waals surface area (Å²) in [6, 6.07) is 9.36. The highest BCUT2D eigenvalue weighted by atomic mass is 16.5. The Morgan fingerprint density at radius 1 is 1.31 bits per heavy atom. The van der Waals surface area contributed by atoms with E-state index in [1.54, 1.807) is 0 Å². The molecule has 0 spiro atoms. The van der Waals surface area contributed by atoms with Gasteiger partial charge in [0.05, 0.1) is 0 Å². The first-order valence-electron chi connectivity index (χ1n) is 4.43. The molecule has 1 aliphatic carbocycles. The molecule has 1 aliphatic rings. The van der Waals surface area contributed by atoms with Crippen LogP contribution < -0.4 is 10.5 Å². The van der Waals surface area contributed by atoms with E-state index in [0.717, 1.165) is 12.2 Å². The van der Waals surface area contributed by atoms with Gasteiger partial charge < -0.3 is 15.6 Å². The lowest BCUT2D eigenvalue weighted by Crippen LogP contribution is -2.58. The molecule has 3 atom stereocenters. The van der Waals surface area contributed by atoms with Crippen LogP contribution in [0.25, 0.3) is 0 Å². The first-order chi connectivity index (χ1) is 6.27. The van der Waals surface area contributed by atoms with Crippen molar-refractivity contribution in [1.82, 2.24) is 0 Å². The van der Waals surface area contributed by atoms with E-state index in [1.807, 2.05) is 30.3 Å². The van der Waals surface area contributed by atoms with Crippen molar-refractivity contribution >= 4 is 0 Å². The van der Waals surface area contributed by atoms with Gasteiger partial charge in [-0.25, -0.2) is 0 Å². The van der Waals surface area contributed by atoms with Crippen molar-refractivity contribution in [3.8, 4) is 5.75 Å². The fraction of sp³-hybridized carbons (Fsp3) is 0.400. The molecule has 1 saturated carbocycles. The minimum absolute atomic E-state index is 0.117. The van der Waals surface area contributed by atoms with Crippen LogP contribution in [0.2, 0.25) is 0 Å². The van der Waals surface area contributed by atoms with Crippen LogP contribution in [0.15, 0.2) is 30.3 Å². The molecule has 70 valence electrons. The Morgan fingerprint density at radius 2 is 2.00 bits per heavy atom. The van der Waals surface area contributed by atoms with Crippen molar-refractivity contribution < 1.29 is 9.84 Å². The lowest BCUT2D eigenvalue weighted by molar-refractivity contribution is -0.0536. The number of benzene rings is 1. The lowest BCUT2D eigenvalue weighted by atomic mass is 9.86. The Morgan fingerprint density at radius 3 is 2.54 bits per heavy atom. The number of aliphatic hydroxyl groups is 1. The molecule has 1 fully saturated rings. The van der Waals surface area contributed by atoms with Crippen molar-refractivity contribution in [3.05, 3.63) is 30.3 Å². The zero-order chi connectivity index (χ0) is 9.26. The van der Waals surface area contributed by atoms with E-state index < -0.39 is 6.10 Å². The van der Waals surface area contributed by atoms with Crippen LogP contribution in [0, 0.1) is 0 Å². The molecule has 0 unspecified atom stereocenters. The van der Waals surface area contributed by atoms with Crippen molar-refractivity contribution in [2.24, 2.45) is 5.73 Å². The van der Waals surface area contributed by atoms with E-state index in [4.69, 9.17) is 10.5 Å². The Kier molecular flexibility index (Phi) is 2.20. The summed E-state index contributed by atoms with van der Waals surface area (Å²) in [5.74, 6) is 0.790. The second kappa shape index (κ2) is 3.36. The maximum Gasteiger partial charge on any atom is 0.128 e. The second-order valence-corrected chi connectivity index (χ2v) is 3.36. The normalized spacial score (nSPS) is 32.3. The van der Waals surface area contributed by atoms with Crippen molar-refractivity contribution in [3.63, 3.8) is 0 Å². The van der Waals surface area contributed by atoms with Gasteiger partial charge in [-0.05, 0) is 12.1 Å². The minimum Gasteiger partial charge on any atom is -0.488 e. The van der Waals surface area contributed by atoms with E-state index >= 15 is 0 Å². The third-order valence-corrected chi connectivity index (χ3v) is 2.35. The van der Waals surface area contributed by atoms with Crippen LogP contribution >= 0.6 is 0 Å². The molecule has 3 heteroatoms. The average Bonchev–Trinajstić information content (AvgIpc) is 2.19. The summed E-state index contributed by atoms with van der Waals surface area (Å²) in [5.41, 5.74) is 5.54. The van der Waals surface area contributed by atoms with Gasteiger partial charge in [-0.1, -0.05) is 18.2 Å². The molecule has 1 aromatic carbocycles. The Hall–Kier alpha value is -1.06. The first kappa shape index (κ1) is 8.53. The molecule has 3 N–H and O–H groups in total. The molecule has 0 bridgehead atoms. The fourth-order valence-electron chi connectivity index (χ4n) is 1.42. The zero-order valence-corrected chi connectivity index (χ0v) is 7.26. The van der Waals surface area contributed by atoms with E-state index in [0.29, 0.717) is 0 Å². The number of aliphatic hydroxyl groups excluding tert-OH is 1. The number of rotatable bonds is 2. The van der Waals surface area contributed by atoms with Gasteiger partial charge >= 0.3 is 0 Å². The van der Waals surface area contributed by atoms with E-state index in [2.05, 4.69) is 0 Å². The topological polar surface area (TPSA) is 55.5 Å². The lowest BCUT2D eigenvalue weighted by Gasteiger charge is -2.38. The minimum atomic E-state index is -0.514. The molecule has 0 saturated heterocycles. The number of hydrogen-bond acceptors (Lipinski definition) is 3. The van der Waals surface area contributed by atoms with Crippen LogP contribution in [0.1, 0.15) is 6.42 Å². The highest BCUT2D eigenvalue weighted by Gasteiger charge is 2.38. The van der Waals surface area contributed by atoms with Gasteiger partial charge in [0.15, 0.2) is 0 Å². The molecule has 1 aromatic rings. The highest BCUT2D eigenvalue weighted by molar-refractivity contribution is 5.22.